The molecule has 0 aliphatic rings. The maximum atomic E-state index is 5.70. The van der Waals surface area contributed by atoms with Crippen LogP contribution in [0.3, 0.4) is 0 Å². The van der Waals surface area contributed by atoms with Crippen LogP contribution >= 0.6 is 0 Å². The van der Waals surface area contributed by atoms with E-state index >= 15 is 0 Å². The summed E-state index contributed by atoms with van der Waals surface area (Å²) in [4.78, 5) is 0. The van der Waals surface area contributed by atoms with Gasteiger partial charge in [0.15, 0.2) is 0 Å². The van der Waals surface area contributed by atoms with Crippen molar-refractivity contribution in [3.63, 3.8) is 0 Å². The summed E-state index contributed by atoms with van der Waals surface area (Å²) < 4.78 is 5.70. The molecule has 1 aromatic rings. The fraction of sp³-hybridized carbons (Fsp3) is 0.500. The molecule has 0 spiro atoms. The van der Waals surface area contributed by atoms with Gasteiger partial charge in [0.2, 0.25) is 0 Å². The van der Waals surface area contributed by atoms with Crippen LogP contribution in [-0.4, -0.2) is 13.2 Å². The largest absolute Gasteiger partial charge is 0.493 e. The number of ether oxygens (including phenoxy) is 1. The Kier molecular flexibility index (Phi) is 6.51. The zero-order valence-electron chi connectivity index (χ0n) is 11.8. The molecule has 2 nitrogen and oxygen atoms in total. The highest BCUT2D eigenvalue weighted by molar-refractivity contribution is 5.37. The van der Waals surface area contributed by atoms with Gasteiger partial charge in [-0.2, -0.15) is 0 Å². The van der Waals surface area contributed by atoms with Crippen molar-refractivity contribution in [3.05, 3.63) is 42.0 Å². The fourth-order valence-corrected chi connectivity index (χ4v) is 1.83. The normalized spacial score (nSPS) is 12.2. The van der Waals surface area contributed by atoms with Gasteiger partial charge in [-0.1, -0.05) is 25.1 Å². The zero-order chi connectivity index (χ0) is 13.4. The van der Waals surface area contributed by atoms with Crippen LogP contribution in [0, 0.1) is 6.92 Å². The molecule has 0 saturated carbocycles. The van der Waals surface area contributed by atoms with Gasteiger partial charge in [-0.25, -0.2) is 0 Å². The molecule has 0 fully saturated rings. The molecule has 0 saturated heterocycles. The first kappa shape index (κ1) is 14.8. The molecular weight excluding hydrogens is 222 g/mol. The Bertz CT molecular complexity index is 373. The second kappa shape index (κ2) is 7.93. The number of hydrogen-bond donors (Lipinski definition) is 1. The first-order valence-electron chi connectivity index (χ1n) is 6.76. The third-order valence-corrected chi connectivity index (χ3v) is 2.98. The van der Waals surface area contributed by atoms with Crippen LogP contribution in [-0.2, 0) is 0 Å². The van der Waals surface area contributed by atoms with Crippen LogP contribution in [0.25, 0.3) is 0 Å². The molecule has 0 bridgehead atoms. The van der Waals surface area contributed by atoms with Crippen molar-refractivity contribution in [2.45, 2.75) is 39.7 Å². The molecular formula is C16H25NO. The average molecular weight is 247 g/mol. The molecule has 0 radical (unpaired) electrons. The van der Waals surface area contributed by atoms with Gasteiger partial charge in [0.1, 0.15) is 5.75 Å². The second-order valence-corrected chi connectivity index (χ2v) is 4.63. The maximum Gasteiger partial charge on any atom is 0.122 e. The third kappa shape index (κ3) is 4.53. The predicted octanol–water partition coefficient (Wildman–Crippen LogP) is 4.01. The zero-order valence-corrected chi connectivity index (χ0v) is 11.8. The number of hydrogen-bond acceptors (Lipinski definition) is 2. The van der Waals surface area contributed by atoms with Crippen molar-refractivity contribution in [2.75, 3.05) is 13.2 Å². The molecule has 18 heavy (non-hydrogen) atoms. The quantitative estimate of drug-likeness (QED) is 0.553. The standard InChI is InChI=1S/C16H25NO/c1-5-7-11-18-16-9-8-15(12-13(16)3)14(4)17-10-6-2/h5,8-9,12,14,17H,1,6-7,10-11H2,2-4H3. The predicted molar refractivity (Wildman–Crippen MR) is 78.2 cm³/mol. The summed E-state index contributed by atoms with van der Waals surface area (Å²) in [6.07, 6.45) is 3.92. The van der Waals surface area contributed by atoms with Gasteiger partial charge in [0, 0.05) is 6.04 Å². The van der Waals surface area contributed by atoms with Crippen LogP contribution in [0.15, 0.2) is 30.9 Å². The second-order valence-electron chi connectivity index (χ2n) is 4.63. The van der Waals surface area contributed by atoms with E-state index in [1.54, 1.807) is 0 Å². The lowest BCUT2D eigenvalue weighted by molar-refractivity contribution is 0.322. The van der Waals surface area contributed by atoms with Crippen molar-refractivity contribution in [1.29, 1.82) is 0 Å². The van der Waals surface area contributed by atoms with Crippen LogP contribution in [0.2, 0.25) is 0 Å². The highest BCUT2D eigenvalue weighted by atomic mass is 16.5. The Morgan fingerprint density at radius 2 is 2.22 bits per heavy atom. The minimum atomic E-state index is 0.394. The van der Waals surface area contributed by atoms with Gasteiger partial charge in [0.25, 0.3) is 0 Å². The first-order valence-corrected chi connectivity index (χ1v) is 6.76. The Morgan fingerprint density at radius 1 is 1.44 bits per heavy atom. The van der Waals surface area contributed by atoms with Crippen molar-refractivity contribution < 1.29 is 4.74 Å². The maximum absolute atomic E-state index is 5.70. The van der Waals surface area contributed by atoms with Gasteiger partial charge in [-0.05, 0) is 50.4 Å². The van der Waals surface area contributed by atoms with Gasteiger partial charge in [0.05, 0.1) is 6.61 Å². The molecule has 0 amide bonds. The number of aryl methyl sites for hydroxylation is 1. The molecule has 1 N–H and O–H groups in total. The molecule has 100 valence electrons. The van der Waals surface area contributed by atoms with E-state index in [1.807, 2.05) is 6.08 Å². The fourth-order valence-electron chi connectivity index (χ4n) is 1.83. The Hall–Kier alpha value is -1.28. The molecule has 1 atom stereocenters. The topological polar surface area (TPSA) is 21.3 Å². The van der Waals surface area contributed by atoms with E-state index in [-0.39, 0.29) is 0 Å². The van der Waals surface area contributed by atoms with Crippen LogP contribution in [0.4, 0.5) is 0 Å². The average Bonchev–Trinajstić information content (AvgIpc) is 2.38. The van der Waals surface area contributed by atoms with E-state index in [9.17, 15) is 0 Å². The summed E-state index contributed by atoms with van der Waals surface area (Å²) in [5, 5.41) is 3.49. The van der Waals surface area contributed by atoms with Gasteiger partial charge in [-0.3, -0.25) is 0 Å². The lowest BCUT2D eigenvalue weighted by atomic mass is 10.0. The minimum Gasteiger partial charge on any atom is -0.493 e. The lowest BCUT2D eigenvalue weighted by Gasteiger charge is -2.16. The summed E-state index contributed by atoms with van der Waals surface area (Å²) in [5.74, 6) is 0.975. The van der Waals surface area contributed by atoms with E-state index in [4.69, 9.17) is 4.74 Å². The van der Waals surface area contributed by atoms with Gasteiger partial charge in [-0.15, -0.1) is 6.58 Å². The summed E-state index contributed by atoms with van der Waals surface area (Å²) in [6, 6.07) is 6.81. The molecule has 0 aliphatic heterocycles. The monoisotopic (exact) mass is 247 g/mol. The van der Waals surface area contributed by atoms with E-state index in [0.717, 1.165) is 25.1 Å². The summed E-state index contributed by atoms with van der Waals surface area (Å²) >= 11 is 0. The molecule has 1 rings (SSSR count). The van der Waals surface area contributed by atoms with Crippen molar-refractivity contribution >= 4 is 0 Å². The van der Waals surface area contributed by atoms with E-state index < -0.39 is 0 Å². The van der Waals surface area contributed by atoms with Crippen LogP contribution < -0.4 is 10.1 Å². The highest BCUT2D eigenvalue weighted by Gasteiger charge is 2.06. The molecule has 0 heterocycles. The van der Waals surface area contributed by atoms with Crippen LogP contribution in [0.1, 0.15) is 43.9 Å². The smallest absolute Gasteiger partial charge is 0.122 e. The lowest BCUT2D eigenvalue weighted by Crippen LogP contribution is -2.19. The van der Waals surface area contributed by atoms with E-state index in [2.05, 4.69) is 50.9 Å². The Morgan fingerprint density at radius 3 is 2.83 bits per heavy atom. The first-order chi connectivity index (χ1) is 8.69. The summed E-state index contributed by atoms with van der Waals surface area (Å²) in [6.45, 7) is 11.9. The number of benzene rings is 1. The molecule has 1 aromatic carbocycles. The third-order valence-electron chi connectivity index (χ3n) is 2.98. The Balaban J connectivity index is 2.63. The highest BCUT2D eigenvalue weighted by Crippen LogP contribution is 2.22. The Labute approximate surface area is 111 Å². The molecule has 0 aliphatic carbocycles. The van der Waals surface area contributed by atoms with Gasteiger partial charge < -0.3 is 10.1 Å². The summed E-state index contributed by atoms with van der Waals surface area (Å²) in [7, 11) is 0. The molecule has 0 aromatic heterocycles. The number of rotatable bonds is 8. The molecule has 1 unspecified atom stereocenters. The summed E-state index contributed by atoms with van der Waals surface area (Å²) in [5.41, 5.74) is 2.51. The van der Waals surface area contributed by atoms with Crippen molar-refractivity contribution in [3.8, 4) is 5.75 Å². The number of nitrogens with one attached hydrogen (secondary N) is 1. The van der Waals surface area contributed by atoms with E-state index in [1.165, 1.54) is 11.1 Å². The SMILES string of the molecule is C=CCCOc1ccc(C(C)NCCC)cc1C. The van der Waals surface area contributed by atoms with E-state index in [0.29, 0.717) is 12.6 Å². The van der Waals surface area contributed by atoms with Crippen molar-refractivity contribution in [1.82, 2.24) is 5.32 Å². The van der Waals surface area contributed by atoms with Crippen molar-refractivity contribution in [2.24, 2.45) is 0 Å². The van der Waals surface area contributed by atoms with Crippen LogP contribution in [0.5, 0.6) is 5.75 Å². The van der Waals surface area contributed by atoms with Gasteiger partial charge >= 0.3 is 0 Å². The minimum absolute atomic E-state index is 0.394. The molecule has 2 heteroatoms.